The quantitative estimate of drug-likeness (QED) is 0.828. The predicted molar refractivity (Wildman–Crippen MR) is 100 cm³/mol. The van der Waals surface area contributed by atoms with Crippen LogP contribution in [0.4, 0.5) is 9.18 Å². The van der Waals surface area contributed by atoms with Crippen LogP contribution in [-0.4, -0.2) is 59.1 Å². The molecule has 1 unspecified atom stereocenters. The third-order valence-electron chi connectivity index (χ3n) is 5.73. The number of rotatable bonds is 5. The summed E-state index contributed by atoms with van der Waals surface area (Å²) in [5.41, 5.74) is 2.00. The molecule has 0 bridgehead atoms. The smallest absolute Gasteiger partial charge is 0.317 e. The standard InChI is InChI=1S/C20H28FN3O3/c1-2-23(13-19(25)26)16-8-10-24(11-9-16)20(27)22-18-5-3-4-14-12-15(21)6-7-17(14)18/h6-7,12,16,18H,2-5,8-11,13H2,1H3,(H,22,27)(H,25,26). The summed E-state index contributed by atoms with van der Waals surface area (Å²) in [6.07, 6.45) is 4.20. The SMILES string of the molecule is CCN(CC(=O)O)C1CCN(C(=O)NC2CCCc3cc(F)ccc32)CC1. The van der Waals surface area contributed by atoms with Crippen LogP contribution in [0.15, 0.2) is 18.2 Å². The molecule has 1 saturated heterocycles. The van der Waals surface area contributed by atoms with Crippen LogP contribution in [0.25, 0.3) is 0 Å². The molecule has 0 radical (unpaired) electrons. The van der Waals surface area contributed by atoms with E-state index in [1.165, 1.54) is 6.07 Å². The number of halogens is 1. The predicted octanol–water partition coefficient (Wildman–Crippen LogP) is 2.78. The zero-order valence-electron chi connectivity index (χ0n) is 15.8. The van der Waals surface area contributed by atoms with Gasteiger partial charge in [-0.1, -0.05) is 13.0 Å². The number of carbonyl (C=O) groups is 2. The van der Waals surface area contributed by atoms with Crippen molar-refractivity contribution in [2.24, 2.45) is 0 Å². The van der Waals surface area contributed by atoms with E-state index in [1.807, 2.05) is 16.7 Å². The zero-order chi connectivity index (χ0) is 19.4. The number of hydrogen-bond donors (Lipinski definition) is 2. The Balaban J connectivity index is 1.56. The van der Waals surface area contributed by atoms with Gasteiger partial charge in [0.05, 0.1) is 12.6 Å². The summed E-state index contributed by atoms with van der Waals surface area (Å²) in [4.78, 5) is 27.5. The number of likely N-dealkylation sites (tertiary alicyclic amines) is 1. The van der Waals surface area contributed by atoms with Crippen molar-refractivity contribution >= 4 is 12.0 Å². The number of nitrogens with zero attached hydrogens (tertiary/aromatic N) is 2. The summed E-state index contributed by atoms with van der Waals surface area (Å²) < 4.78 is 13.4. The van der Waals surface area contributed by atoms with Gasteiger partial charge in [-0.25, -0.2) is 9.18 Å². The zero-order valence-corrected chi connectivity index (χ0v) is 15.8. The van der Waals surface area contributed by atoms with Crippen molar-refractivity contribution in [1.29, 1.82) is 0 Å². The van der Waals surface area contributed by atoms with Crippen LogP contribution in [0.3, 0.4) is 0 Å². The van der Waals surface area contributed by atoms with Gasteiger partial charge in [0.2, 0.25) is 0 Å². The third kappa shape index (κ3) is 4.77. The van der Waals surface area contributed by atoms with Crippen LogP contribution >= 0.6 is 0 Å². The normalized spacial score (nSPS) is 20.4. The first kappa shape index (κ1) is 19.6. The number of piperidine rings is 1. The number of hydrogen-bond acceptors (Lipinski definition) is 3. The Morgan fingerprint density at radius 1 is 1.30 bits per heavy atom. The molecule has 7 heteroatoms. The molecule has 3 rings (SSSR count). The molecule has 6 nitrogen and oxygen atoms in total. The average Bonchev–Trinajstić information content (AvgIpc) is 2.66. The highest BCUT2D eigenvalue weighted by Gasteiger charge is 2.29. The number of carboxylic acid groups (broad SMARTS) is 1. The van der Waals surface area contributed by atoms with E-state index in [0.717, 1.165) is 43.2 Å². The molecule has 1 aromatic carbocycles. The summed E-state index contributed by atoms with van der Waals surface area (Å²) in [5, 5.41) is 12.1. The van der Waals surface area contributed by atoms with Gasteiger partial charge < -0.3 is 15.3 Å². The number of aliphatic carboxylic acids is 1. The van der Waals surface area contributed by atoms with Crippen molar-refractivity contribution in [1.82, 2.24) is 15.1 Å². The van der Waals surface area contributed by atoms with E-state index in [1.54, 1.807) is 12.1 Å². The largest absolute Gasteiger partial charge is 0.480 e. The first-order valence-corrected chi connectivity index (χ1v) is 9.77. The van der Waals surface area contributed by atoms with Gasteiger partial charge in [-0.05, 0) is 61.9 Å². The summed E-state index contributed by atoms with van der Waals surface area (Å²) >= 11 is 0. The minimum Gasteiger partial charge on any atom is -0.480 e. The maximum atomic E-state index is 13.4. The van der Waals surface area contributed by atoms with Crippen LogP contribution in [0.5, 0.6) is 0 Å². The molecular formula is C20H28FN3O3. The number of carbonyl (C=O) groups excluding carboxylic acids is 1. The third-order valence-corrected chi connectivity index (χ3v) is 5.73. The lowest BCUT2D eigenvalue weighted by atomic mass is 9.87. The monoisotopic (exact) mass is 377 g/mol. The number of carboxylic acids is 1. The van der Waals surface area contributed by atoms with Crippen LogP contribution in [0.1, 0.15) is 49.8 Å². The Morgan fingerprint density at radius 3 is 2.70 bits per heavy atom. The minimum absolute atomic E-state index is 0.0444. The molecule has 1 aliphatic heterocycles. The van der Waals surface area contributed by atoms with Gasteiger partial charge in [0.1, 0.15) is 5.82 Å². The number of likely N-dealkylation sites (N-methyl/N-ethyl adjacent to an activating group) is 1. The highest BCUT2D eigenvalue weighted by atomic mass is 19.1. The summed E-state index contributed by atoms with van der Waals surface area (Å²) in [5.74, 6) is -1.05. The van der Waals surface area contributed by atoms with E-state index < -0.39 is 5.97 Å². The molecular weight excluding hydrogens is 349 g/mol. The highest BCUT2D eigenvalue weighted by Crippen LogP contribution is 2.30. The molecule has 1 heterocycles. The minimum atomic E-state index is -0.815. The second kappa shape index (κ2) is 8.69. The van der Waals surface area contributed by atoms with Gasteiger partial charge in [0.15, 0.2) is 0 Å². The fraction of sp³-hybridized carbons (Fsp3) is 0.600. The number of urea groups is 1. The summed E-state index contributed by atoms with van der Waals surface area (Å²) in [7, 11) is 0. The molecule has 2 amide bonds. The fourth-order valence-corrected chi connectivity index (χ4v) is 4.28. The van der Waals surface area contributed by atoms with Gasteiger partial charge >= 0.3 is 12.0 Å². The van der Waals surface area contributed by atoms with Gasteiger partial charge in [-0.2, -0.15) is 0 Å². The Hall–Kier alpha value is -2.15. The van der Waals surface area contributed by atoms with E-state index in [9.17, 15) is 14.0 Å². The van der Waals surface area contributed by atoms with Gasteiger partial charge in [-0.3, -0.25) is 9.69 Å². The van der Waals surface area contributed by atoms with Crippen LogP contribution < -0.4 is 5.32 Å². The van der Waals surface area contributed by atoms with Crippen molar-refractivity contribution in [3.8, 4) is 0 Å². The van der Waals surface area contributed by atoms with Gasteiger partial charge in [-0.15, -0.1) is 0 Å². The molecule has 1 atom stereocenters. The molecule has 2 N–H and O–H groups in total. The average molecular weight is 377 g/mol. The van der Waals surface area contributed by atoms with E-state index in [4.69, 9.17) is 5.11 Å². The second-order valence-electron chi connectivity index (χ2n) is 7.41. The molecule has 1 fully saturated rings. The van der Waals surface area contributed by atoms with Crippen LogP contribution in [-0.2, 0) is 11.2 Å². The van der Waals surface area contributed by atoms with Gasteiger partial charge in [0.25, 0.3) is 0 Å². The molecule has 0 spiro atoms. The summed E-state index contributed by atoms with van der Waals surface area (Å²) in [6, 6.07) is 4.85. The Labute approximate surface area is 159 Å². The van der Waals surface area contributed by atoms with Gasteiger partial charge in [0, 0.05) is 19.1 Å². The van der Waals surface area contributed by atoms with E-state index in [0.29, 0.717) is 19.6 Å². The lowest BCUT2D eigenvalue weighted by Gasteiger charge is -2.38. The second-order valence-corrected chi connectivity index (χ2v) is 7.41. The maximum absolute atomic E-state index is 13.4. The molecule has 2 aliphatic rings. The van der Waals surface area contributed by atoms with E-state index in [-0.39, 0.29) is 30.5 Å². The molecule has 1 aromatic rings. The first-order valence-electron chi connectivity index (χ1n) is 9.77. The molecule has 0 saturated carbocycles. The number of benzene rings is 1. The molecule has 1 aliphatic carbocycles. The first-order chi connectivity index (χ1) is 13.0. The van der Waals surface area contributed by atoms with Crippen molar-refractivity contribution in [2.75, 3.05) is 26.2 Å². The fourth-order valence-electron chi connectivity index (χ4n) is 4.28. The highest BCUT2D eigenvalue weighted by molar-refractivity contribution is 5.75. The Bertz CT molecular complexity index is 689. The van der Waals surface area contributed by atoms with Crippen molar-refractivity contribution in [3.63, 3.8) is 0 Å². The molecule has 148 valence electrons. The van der Waals surface area contributed by atoms with Crippen molar-refractivity contribution in [2.45, 2.75) is 51.1 Å². The number of fused-ring (bicyclic) bond motifs is 1. The lowest BCUT2D eigenvalue weighted by molar-refractivity contribution is -0.139. The van der Waals surface area contributed by atoms with Crippen LogP contribution in [0, 0.1) is 5.82 Å². The molecule has 27 heavy (non-hydrogen) atoms. The van der Waals surface area contributed by atoms with E-state index >= 15 is 0 Å². The topological polar surface area (TPSA) is 72.9 Å². The lowest BCUT2D eigenvalue weighted by Crippen LogP contribution is -2.51. The van der Waals surface area contributed by atoms with Crippen LogP contribution in [0.2, 0.25) is 0 Å². The Kier molecular flexibility index (Phi) is 6.31. The summed E-state index contributed by atoms with van der Waals surface area (Å²) in [6.45, 7) is 3.94. The Morgan fingerprint density at radius 2 is 2.04 bits per heavy atom. The van der Waals surface area contributed by atoms with Crippen molar-refractivity contribution in [3.05, 3.63) is 35.1 Å². The number of amides is 2. The molecule has 0 aromatic heterocycles. The van der Waals surface area contributed by atoms with Crippen molar-refractivity contribution < 1.29 is 19.1 Å². The maximum Gasteiger partial charge on any atom is 0.317 e. The number of nitrogens with one attached hydrogen (secondary N) is 1. The van der Waals surface area contributed by atoms with E-state index in [2.05, 4.69) is 5.32 Å². The number of aryl methyl sites for hydroxylation is 1.